The van der Waals surface area contributed by atoms with Crippen LogP contribution in [-0.2, 0) is 4.79 Å². The van der Waals surface area contributed by atoms with Gasteiger partial charge in [-0.25, -0.2) is 4.98 Å². The van der Waals surface area contributed by atoms with Gasteiger partial charge < -0.3 is 15.1 Å². The van der Waals surface area contributed by atoms with Crippen LogP contribution in [0.4, 0.5) is 5.82 Å². The highest BCUT2D eigenvalue weighted by Gasteiger charge is 2.49. The van der Waals surface area contributed by atoms with Gasteiger partial charge in [0.15, 0.2) is 0 Å². The van der Waals surface area contributed by atoms with Crippen molar-refractivity contribution in [3.05, 3.63) is 23.9 Å². The van der Waals surface area contributed by atoms with Gasteiger partial charge in [-0.05, 0) is 50.2 Å². The molecule has 0 unspecified atom stereocenters. The van der Waals surface area contributed by atoms with E-state index in [1.165, 1.54) is 19.3 Å². The summed E-state index contributed by atoms with van der Waals surface area (Å²) in [5.74, 6) is 1.69. The van der Waals surface area contributed by atoms with Crippen LogP contribution in [0.5, 0.6) is 0 Å². The number of carbonyl (C=O) groups excluding carboxylic acids is 2. The maximum atomic E-state index is 13.2. The molecule has 3 aliphatic rings. The van der Waals surface area contributed by atoms with E-state index in [0.717, 1.165) is 57.2 Å². The van der Waals surface area contributed by atoms with Crippen molar-refractivity contribution in [2.45, 2.75) is 38.5 Å². The minimum atomic E-state index is -0.257. The molecule has 1 N–H and O–H groups in total. The fraction of sp³-hybridized carbons (Fsp3) is 0.650. The molecule has 6 nitrogen and oxygen atoms in total. The van der Waals surface area contributed by atoms with Gasteiger partial charge >= 0.3 is 0 Å². The lowest BCUT2D eigenvalue weighted by Gasteiger charge is -2.42. The molecule has 26 heavy (non-hydrogen) atoms. The Morgan fingerprint density at radius 2 is 2.12 bits per heavy atom. The number of likely N-dealkylation sites (tertiary alicyclic amines) is 1. The van der Waals surface area contributed by atoms with Crippen LogP contribution < -0.4 is 10.2 Å². The van der Waals surface area contributed by atoms with E-state index in [1.807, 2.05) is 12.1 Å². The monoisotopic (exact) mass is 356 g/mol. The number of anilines is 1. The van der Waals surface area contributed by atoms with Gasteiger partial charge in [0, 0.05) is 33.2 Å². The summed E-state index contributed by atoms with van der Waals surface area (Å²) < 4.78 is 0. The van der Waals surface area contributed by atoms with Crippen molar-refractivity contribution in [3.8, 4) is 0 Å². The molecule has 2 amide bonds. The second-order valence-electron chi connectivity index (χ2n) is 8.06. The van der Waals surface area contributed by atoms with Crippen LogP contribution in [-0.4, -0.2) is 54.9 Å². The molecule has 1 aliphatic carbocycles. The van der Waals surface area contributed by atoms with Gasteiger partial charge in [-0.3, -0.25) is 9.59 Å². The van der Waals surface area contributed by atoms with Crippen molar-refractivity contribution in [3.63, 3.8) is 0 Å². The fourth-order valence-corrected chi connectivity index (χ4v) is 4.61. The molecule has 140 valence electrons. The Hall–Kier alpha value is -2.11. The third-order valence-corrected chi connectivity index (χ3v) is 6.40. The van der Waals surface area contributed by atoms with E-state index in [9.17, 15) is 9.59 Å². The highest BCUT2D eigenvalue weighted by Crippen LogP contribution is 2.42. The Morgan fingerprint density at radius 3 is 2.85 bits per heavy atom. The summed E-state index contributed by atoms with van der Waals surface area (Å²) in [5, 5.41) is 2.62. The predicted octanol–water partition coefficient (Wildman–Crippen LogP) is 2.06. The molecule has 1 spiro atoms. The third-order valence-electron chi connectivity index (χ3n) is 6.40. The molecule has 1 aromatic rings. The minimum absolute atomic E-state index is 0.179. The Labute approximate surface area is 155 Å². The van der Waals surface area contributed by atoms with Gasteiger partial charge in [-0.15, -0.1) is 0 Å². The molecular weight excluding hydrogens is 328 g/mol. The summed E-state index contributed by atoms with van der Waals surface area (Å²) in [5.41, 5.74) is 0.166. The summed E-state index contributed by atoms with van der Waals surface area (Å²) in [6.07, 6.45) is 6.83. The first kappa shape index (κ1) is 17.3. The lowest BCUT2D eigenvalue weighted by molar-refractivity contribution is -0.146. The highest BCUT2D eigenvalue weighted by atomic mass is 16.2. The molecule has 0 bridgehead atoms. The van der Waals surface area contributed by atoms with Crippen LogP contribution in [0.3, 0.4) is 0 Å². The van der Waals surface area contributed by atoms with Gasteiger partial charge in [0.25, 0.3) is 5.91 Å². The van der Waals surface area contributed by atoms with Crippen LogP contribution >= 0.6 is 0 Å². The van der Waals surface area contributed by atoms with Gasteiger partial charge in [-0.2, -0.15) is 0 Å². The zero-order valence-electron chi connectivity index (χ0n) is 15.5. The zero-order chi connectivity index (χ0) is 18.1. The van der Waals surface area contributed by atoms with Crippen LogP contribution in [0.2, 0.25) is 0 Å². The Kier molecular flexibility index (Phi) is 4.59. The molecule has 3 fully saturated rings. The zero-order valence-corrected chi connectivity index (χ0v) is 15.5. The summed E-state index contributed by atoms with van der Waals surface area (Å²) in [4.78, 5) is 33.9. The Bertz CT molecular complexity index is 703. The van der Waals surface area contributed by atoms with E-state index in [0.29, 0.717) is 11.6 Å². The standard InChI is InChI=1S/C20H28N4O2/c1-21-18(25)16-7-3-8-17(22-16)24-12-10-20(14-24)9-4-11-23(19(20)26)13-15-5-2-6-15/h3,7-8,15H,2,4-6,9-14H2,1H3,(H,21,25)/t20-/m0/s1. The van der Waals surface area contributed by atoms with Crippen molar-refractivity contribution >= 4 is 17.6 Å². The van der Waals surface area contributed by atoms with Crippen LogP contribution in [0, 0.1) is 11.3 Å². The number of aromatic nitrogens is 1. The maximum absolute atomic E-state index is 13.2. The van der Waals surface area contributed by atoms with Gasteiger partial charge in [0.2, 0.25) is 5.91 Å². The average molecular weight is 356 g/mol. The molecule has 6 heteroatoms. The van der Waals surface area contributed by atoms with E-state index in [-0.39, 0.29) is 11.3 Å². The second kappa shape index (κ2) is 6.89. The van der Waals surface area contributed by atoms with Gasteiger partial charge in [0.05, 0.1) is 5.41 Å². The van der Waals surface area contributed by atoms with Gasteiger partial charge in [-0.1, -0.05) is 12.5 Å². The highest BCUT2D eigenvalue weighted by molar-refractivity contribution is 5.92. The fourth-order valence-electron chi connectivity index (χ4n) is 4.61. The molecule has 2 saturated heterocycles. The molecule has 1 atom stereocenters. The van der Waals surface area contributed by atoms with Crippen molar-refractivity contribution in [2.75, 3.05) is 38.1 Å². The topological polar surface area (TPSA) is 65.5 Å². The van der Waals surface area contributed by atoms with Crippen molar-refractivity contribution in [1.82, 2.24) is 15.2 Å². The van der Waals surface area contributed by atoms with Crippen LogP contribution in [0.25, 0.3) is 0 Å². The van der Waals surface area contributed by atoms with Crippen molar-refractivity contribution < 1.29 is 9.59 Å². The van der Waals surface area contributed by atoms with E-state index in [2.05, 4.69) is 20.1 Å². The van der Waals surface area contributed by atoms with Crippen LogP contribution in [0.1, 0.15) is 49.0 Å². The number of rotatable bonds is 4. The Morgan fingerprint density at radius 1 is 1.27 bits per heavy atom. The predicted molar refractivity (Wildman–Crippen MR) is 100 cm³/mol. The first-order valence-corrected chi connectivity index (χ1v) is 9.85. The number of pyridine rings is 1. The molecule has 0 aromatic carbocycles. The lowest BCUT2D eigenvalue weighted by Crippen LogP contribution is -2.51. The van der Waals surface area contributed by atoms with E-state index in [1.54, 1.807) is 13.1 Å². The maximum Gasteiger partial charge on any atom is 0.269 e. The third kappa shape index (κ3) is 3.06. The van der Waals surface area contributed by atoms with E-state index >= 15 is 0 Å². The summed E-state index contributed by atoms with van der Waals surface area (Å²) >= 11 is 0. The van der Waals surface area contributed by atoms with Crippen molar-refractivity contribution in [2.24, 2.45) is 11.3 Å². The first-order chi connectivity index (χ1) is 12.6. The molecule has 4 rings (SSSR count). The first-order valence-electron chi connectivity index (χ1n) is 9.85. The second-order valence-corrected chi connectivity index (χ2v) is 8.06. The SMILES string of the molecule is CNC(=O)c1cccc(N2CC[C@@]3(CCCN(CC4CCC4)C3=O)C2)n1. The number of amides is 2. The molecule has 1 saturated carbocycles. The average Bonchev–Trinajstić information content (AvgIpc) is 3.06. The summed E-state index contributed by atoms with van der Waals surface area (Å²) in [6.45, 7) is 3.41. The van der Waals surface area contributed by atoms with E-state index < -0.39 is 0 Å². The summed E-state index contributed by atoms with van der Waals surface area (Å²) in [7, 11) is 1.61. The molecule has 2 aliphatic heterocycles. The number of nitrogens with zero attached hydrogens (tertiary/aromatic N) is 3. The summed E-state index contributed by atoms with van der Waals surface area (Å²) in [6, 6.07) is 5.52. The van der Waals surface area contributed by atoms with Crippen LogP contribution in [0.15, 0.2) is 18.2 Å². The number of hydrogen-bond donors (Lipinski definition) is 1. The number of nitrogens with one attached hydrogen (secondary N) is 1. The smallest absolute Gasteiger partial charge is 0.269 e. The largest absolute Gasteiger partial charge is 0.355 e. The lowest BCUT2D eigenvalue weighted by atomic mass is 9.77. The Balaban J connectivity index is 1.48. The molecule has 3 heterocycles. The van der Waals surface area contributed by atoms with Gasteiger partial charge in [0.1, 0.15) is 11.5 Å². The van der Waals surface area contributed by atoms with Crippen molar-refractivity contribution in [1.29, 1.82) is 0 Å². The number of carbonyl (C=O) groups is 2. The normalized spacial score (nSPS) is 26.3. The molecule has 0 radical (unpaired) electrons. The molecule has 1 aromatic heterocycles. The minimum Gasteiger partial charge on any atom is -0.355 e. The van der Waals surface area contributed by atoms with E-state index in [4.69, 9.17) is 0 Å². The number of piperidine rings is 1. The quantitative estimate of drug-likeness (QED) is 0.897. The number of hydrogen-bond acceptors (Lipinski definition) is 4. The molecular formula is C20H28N4O2.